The smallest absolute Gasteiger partial charge is 0.260 e. The number of hydrogen-bond donors (Lipinski definition) is 2. The Labute approximate surface area is 208 Å². The van der Waals surface area contributed by atoms with Gasteiger partial charge in [-0.15, -0.1) is 0 Å². The highest BCUT2D eigenvalue weighted by molar-refractivity contribution is 5.88. The monoisotopic (exact) mass is 486 g/mol. The van der Waals surface area contributed by atoms with E-state index in [0.717, 1.165) is 24.0 Å². The number of pyridine rings is 1. The summed E-state index contributed by atoms with van der Waals surface area (Å²) in [5, 5.41) is 3.45. The molecule has 36 heavy (non-hydrogen) atoms. The van der Waals surface area contributed by atoms with Crippen LogP contribution in [0.2, 0.25) is 0 Å². The molecule has 2 aromatic heterocycles. The molecule has 1 amide bonds. The van der Waals surface area contributed by atoms with Crippen LogP contribution < -0.4 is 15.8 Å². The minimum atomic E-state index is -0.301. The Bertz CT molecular complexity index is 1370. The van der Waals surface area contributed by atoms with Crippen LogP contribution in [0.1, 0.15) is 18.4 Å². The Morgan fingerprint density at radius 3 is 2.47 bits per heavy atom. The second-order valence-corrected chi connectivity index (χ2v) is 8.90. The molecule has 3 heterocycles. The van der Waals surface area contributed by atoms with Crippen molar-refractivity contribution in [3.63, 3.8) is 0 Å². The largest absolute Gasteiger partial charge is 0.484 e. The number of anilines is 2. The number of nitrogens with one attached hydrogen (secondary N) is 1. The molecule has 0 atom stereocenters. The van der Waals surface area contributed by atoms with Gasteiger partial charge in [-0.3, -0.25) is 4.79 Å². The average molecular weight is 487 g/mol. The third kappa shape index (κ3) is 5.35. The van der Waals surface area contributed by atoms with Crippen LogP contribution in [0.25, 0.3) is 22.3 Å². The molecule has 0 radical (unpaired) electrons. The minimum absolute atomic E-state index is 0.0182. The van der Waals surface area contributed by atoms with E-state index in [2.05, 4.69) is 15.3 Å². The van der Waals surface area contributed by atoms with Crippen molar-refractivity contribution in [2.75, 3.05) is 30.7 Å². The number of fused-ring (bicyclic) bond motifs is 1. The zero-order valence-electron chi connectivity index (χ0n) is 19.9. The summed E-state index contributed by atoms with van der Waals surface area (Å²) < 4.78 is 19.0. The van der Waals surface area contributed by atoms with Gasteiger partial charge in [-0.2, -0.15) is 4.98 Å². The lowest BCUT2D eigenvalue weighted by molar-refractivity contribution is -0.134. The second kappa shape index (κ2) is 10.2. The molecule has 184 valence electrons. The van der Waals surface area contributed by atoms with E-state index in [9.17, 15) is 9.18 Å². The molecule has 1 aliphatic heterocycles. The number of nitrogen functional groups attached to an aromatic ring is 1. The van der Waals surface area contributed by atoms with E-state index in [-0.39, 0.29) is 30.3 Å². The van der Waals surface area contributed by atoms with E-state index >= 15 is 0 Å². The SMILES string of the molecule is Cc1ccc(OCC(=O)N2CCC(Nc3nc(N)nc4ccc(-c5ccc(F)cc5)nc34)CC2)cc1. The van der Waals surface area contributed by atoms with Crippen LogP contribution in [0.15, 0.2) is 60.7 Å². The number of ether oxygens (including phenoxy) is 1. The lowest BCUT2D eigenvalue weighted by Gasteiger charge is -2.32. The van der Waals surface area contributed by atoms with Gasteiger partial charge in [0.2, 0.25) is 5.95 Å². The fourth-order valence-corrected chi connectivity index (χ4v) is 4.25. The maximum atomic E-state index is 13.3. The van der Waals surface area contributed by atoms with Crippen molar-refractivity contribution < 1.29 is 13.9 Å². The fourth-order valence-electron chi connectivity index (χ4n) is 4.25. The van der Waals surface area contributed by atoms with Gasteiger partial charge in [-0.25, -0.2) is 14.4 Å². The zero-order valence-corrected chi connectivity index (χ0v) is 19.9. The summed E-state index contributed by atoms with van der Waals surface area (Å²) in [7, 11) is 0. The Morgan fingerprint density at radius 1 is 1.03 bits per heavy atom. The molecule has 1 aliphatic rings. The van der Waals surface area contributed by atoms with Crippen molar-refractivity contribution in [3.8, 4) is 17.0 Å². The number of benzene rings is 2. The predicted octanol–water partition coefficient (Wildman–Crippen LogP) is 4.20. The first kappa shape index (κ1) is 23.5. The van der Waals surface area contributed by atoms with Gasteiger partial charge in [0.1, 0.15) is 17.1 Å². The third-order valence-corrected chi connectivity index (χ3v) is 6.27. The van der Waals surface area contributed by atoms with Gasteiger partial charge in [0.05, 0.1) is 11.2 Å². The van der Waals surface area contributed by atoms with Crippen LogP contribution in [0, 0.1) is 12.7 Å². The highest BCUT2D eigenvalue weighted by Crippen LogP contribution is 2.26. The van der Waals surface area contributed by atoms with Gasteiger partial charge in [0, 0.05) is 24.7 Å². The molecule has 0 aliphatic carbocycles. The Balaban J connectivity index is 1.24. The van der Waals surface area contributed by atoms with Gasteiger partial charge in [-0.05, 0) is 68.3 Å². The van der Waals surface area contributed by atoms with Crippen LogP contribution in [0.4, 0.5) is 16.2 Å². The molecule has 0 spiro atoms. The highest BCUT2D eigenvalue weighted by atomic mass is 19.1. The summed E-state index contributed by atoms with van der Waals surface area (Å²) in [6.45, 7) is 3.25. The number of nitrogens with zero attached hydrogens (tertiary/aromatic N) is 4. The van der Waals surface area contributed by atoms with Crippen LogP contribution in [-0.4, -0.2) is 51.5 Å². The maximum Gasteiger partial charge on any atom is 0.260 e. The quantitative estimate of drug-likeness (QED) is 0.421. The summed E-state index contributed by atoms with van der Waals surface area (Å²) >= 11 is 0. The van der Waals surface area contributed by atoms with Gasteiger partial charge in [0.25, 0.3) is 5.91 Å². The number of aromatic nitrogens is 3. The molecule has 1 saturated heterocycles. The van der Waals surface area contributed by atoms with Gasteiger partial charge in [0.15, 0.2) is 12.4 Å². The van der Waals surface area contributed by atoms with Crippen molar-refractivity contribution in [3.05, 3.63) is 72.0 Å². The van der Waals surface area contributed by atoms with Crippen molar-refractivity contribution in [2.45, 2.75) is 25.8 Å². The third-order valence-electron chi connectivity index (χ3n) is 6.27. The summed E-state index contributed by atoms with van der Waals surface area (Å²) in [6, 6.07) is 17.6. The molecule has 8 nitrogen and oxygen atoms in total. The predicted molar refractivity (Wildman–Crippen MR) is 137 cm³/mol. The molecule has 5 rings (SSSR count). The standard InChI is InChI=1S/C27H27FN6O2/c1-17-2-8-21(9-3-17)36-16-24(35)34-14-12-20(13-15-34)30-26-25-23(32-27(29)33-26)11-10-22(31-25)18-4-6-19(28)7-5-18/h2-11,20H,12-16H2,1H3,(H3,29,30,32,33). The second-order valence-electron chi connectivity index (χ2n) is 8.90. The van der Waals surface area contributed by atoms with E-state index < -0.39 is 0 Å². The number of aryl methyl sites for hydroxylation is 1. The molecule has 0 saturated carbocycles. The first-order valence-corrected chi connectivity index (χ1v) is 11.9. The number of likely N-dealkylation sites (tertiary alicyclic amines) is 1. The highest BCUT2D eigenvalue weighted by Gasteiger charge is 2.24. The summed E-state index contributed by atoms with van der Waals surface area (Å²) in [4.78, 5) is 27.9. The van der Waals surface area contributed by atoms with Crippen LogP contribution in [0.3, 0.4) is 0 Å². The van der Waals surface area contributed by atoms with Crippen molar-refractivity contribution in [2.24, 2.45) is 0 Å². The number of carbonyl (C=O) groups is 1. The maximum absolute atomic E-state index is 13.3. The van der Waals surface area contributed by atoms with Crippen molar-refractivity contribution >= 4 is 28.7 Å². The lowest BCUT2D eigenvalue weighted by atomic mass is 10.0. The molecule has 2 aromatic carbocycles. The normalized spacial score (nSPS) is 14.1. The molecule has 9 heteroatoms. The molecule has 0 bridgehead atoms. The molecular weight excluding hydrogens is 459 g/mol. The van der Waals surface area contributed by atoms with Crippen LogP contribution in [0.5, 0.6) is 5.75 Å². The van der Waals surface area contributed by atoms with E-state index in [1.165, 1.54) is 12.1 Å². The summed E-state index contributed by atoms with van der Waals surface area (Å²) in [5.74, 6) is 1.06. The van der Waals surface area contributed by atoms with Crippen LogP contribution >= 0.6 is 0 Å². The summed E-state index contributed by atoms with van der Waals surface area (Å²) in [5.41, 5.74) is 9.79. The molecule has 4 aromatic rings. The Kier molecular flexibility index (Phi) is 6.62. The fraction of sp³-hybridized carbons (Fsp3) is 0.259. The summed E-state index contributed by atoms with van der Waals surface area (Å²) in [6.07, 6.45) is 1.50. The van der Waals surface area contributed by atoms with Gasteiger partial charge >= 0.3 is 0 Å². The minimum Gasteiger partial charge on any atom is -0.484 e. The number of hydrogen-bond acceptors (Lipinski definition) is 7. The average Bonchev–Trinajstić information content (AvgIpc) is 2.89. The van der Waals surface area contributed by atoms with E-state index in [1.807, 2.05) is 48.2 Å². The number of nitrogens with two attached hydrogens (primary N) is 1. The Hall–Kier alpha value is -4.27. The Morgan fingerprint density at radius 2 is 1.75 bits per heavy atom. The number of amides is 1. The number of carbonyl (C=O) groups excluding carboxylic acids is 1. The molecule has 1 fully saturated rings. The van der Waals surface area contributed by atoms with E-state index in [4.69, 9.17) is 15.5 Å². The first-order chi connectivity index (χ1) is 17.4. The van der Waals surface area contributed by atoms with Crippen LogP contribution in [-0.2, 0) is 4.79 Å². The number of piperidine rings is 1. The first-order valence-electron chi connectivity index (χ1n) is 11.9. The van der Waals surface area contributed by atoms with Gasteiger partial charge < -0.3 is 20.7 Å². The number of rotatable bonds is 6. The molecule has 0 unspecified atom stereocenters. The van der Waals surface area contributed by atoms with Crippen molar-refractivity contribution in [1.29, 1.82) is 0 Å². The number of halogens is 1. The molecule has 3 N–H and O–H groups in total. The topological polar surface area (TPSA) is 106 Å². The van der Waals surface area contributed by atoms with Gasteiger partial charge in [-0.1, -0.05) is 17.7 Å². The lowest BCUT2D eigenvalue weighted by Crippen LogP contribution is -2.44. The molecular formula is C27H27FN6O2. The van der Waals surface area contributed by atoms with E-state index in [1.54, 1.807) is 12.1 Å². The van der Waals surface area contributed by atoms with E-state index in [0.29, 0.717) is 41.4 Å². The zero-order chi connectivity index (χ0) is 25.1. The van der Waals surface area contributed by atoms with Crippen molar-refractivity contribution in [1.82, 2.24) is 19.9 Å².